The summed E-state index contributed by atoms with van der Waals surface area (Å²) in [6.45, 7) is 2.36. The molecule has 0 saturated carbocycles. The van der Waals surface area contributed by atoms with Crippen LogP contribution in [0.25, 0.3) is 0 Å². The molecule has 0 aromatic carbocycles. The van der Waals surface area contributed by atoms with Gasteiger partial charge >= 0.3 is 0 Å². The summed E-state index contributed by atoms with van der Waals surface area (Å²) in [7, 11) is 0. The van der Waals surface area contributed by atoms with Gasteiger partial charge < -0.3 is 15.5 Å². The van der Waals surface area contributed by atoms with E-state index in [0.717, 1.165) is 5.56 Å². The van der Waals surface area contributed by atoms with Crippen LogP contribution in [0.1, 0.15) is 5.56 Å². The van der Waals surface area contributed by atoms with Crippen molar-refractivity contribution in [1.82, 2.24) is 9.78 Å². The topological polar surface area (TPSA) is 43.8 Å². The fourth-order valence-electron chi connectivity index (χ4n) is 0.518. The second kappa shape index (κ2) is 4.15. The molecule has 0 fully saturated rings. The Labute approximate surface area is 79.5 Å². The third kappa shape index (κ3) is 2.56. The molecule has 0 unspecified atom stereocenters. The van der Waals surface area contributed by atoms with Gasteiger partial charge in [-0.25, -0.2) is 0 Å². The Morgan fingerprint density at radius 3 is 2.78 bits per heavy atom. The summed E-state index contributed by atoms with van der Waals surface area (Å²) in [5, 5.41) is 3.80. The van der Waals surface area contributed by atoms with Crippen molar-refractivity contribution in [2.45, 2.75) is 13.6 Å². The van der Waals surface area contributed by atoms with Crippen molar-refractivity contribution in [1.29, 1.82) is 0 Å². The molecule has 47 valence electrons. The molecule has 0 bridgehead atoms. The zero-order valence-corrected chi connectivity index (χ0v) is 8.17. The van der Waals surface area contributed by atoms with E-state index in [-0.39, 0.29) is 32.7 Å². The Morgan fingerprint density at radius 2 is 2.56 bits per heavy atom. The van der Waals surface area contributed by atoms with Crippen molar-refractivity contribution in [2.24, 2.45) is 5.73 Å². The first kappa shape index (κ1) is 9.27. The van der Waals surface area contributed by atoms with E-state index in [1.165, 1.54) is 0 Å². The molecular formula is C5H8N3Y-. The molecule has 0 saturated heterocycles. The summed E-state index contributed by atoms with van der Waals surface area (Å²) in [6.07, 6.45) is 4.60. The van der Waals surface area contributed by atoms with Gasteiger partial charge in [0, 0.05) is 32.7 Å². The molecule has 3 nitrogen and oxygen atoms in total. The minimum absolute atomic E-state index is 0. The Kier molecular flexibility index (Phi) is 4.27. The number of hydrogen-bond donors (Lipinski definition) is 1. The zero-order chi connectivity index (χ0) is 5.98. The molecule has 9 heavy (non-hydrogen) atoms. The van der Waals surface area contributed by atoms with Crippen LogP contribution in [0, 0.1) is 13.1 Å². The number of hydrogen-bond acceptors (Lipinski definition) is 2. The number of rotatable bonds is 1. The molecule has 0 spiro atoms. The predicted molar refractivity (Wildman–Crippen MR) is 30.0 cm³/mol. The van der Waals surface area contributed by atoms with E-state index in [2.05, 4.69) is 11.3 Å². The molecule has 0 aliphatic heterocycles. The maximum Gasteiger partial charge on any atom is 0.0676 e. The van der Waals surface area contributed by atoms with Crippen molar-refractivity contribution >= 4 is 0 Å². The molecule has 0 aliphatic rings. The predicted octanol–water partition coefficient (Wildman–Crippen LogP) is -0.0946. The smallest absolute Gasteiger partial charge is 0.0676 e. The van der Waals surface area contributed by atoms with Gasteiger partial charge in [0.25, 0.3) is 0 Å². The molecular weight excluding hydrogens is 191 g/mol. The molecule has 0 atom stereocenters. The van der Waals surface area contributed by atoms with E-state index in [1.54, 1.807) is 4.68 Å². The first-order valence-corrected chi connectivity index (χ1v) is 2.44. The summed E-state index contributed by atoms with van der Waals surface area (Å²) in [4.78, 5) is 0. The monoisotopic (exact) mass is 199 g/mol. The average Bonchev–Trinajstić information content (AvgIpc) is 2.14. The van der Waals surface area contributed by atoms with Crippen LogP contribution in [0.2, 0.25) is 0 Å². The van der Waals surface area contributed by atoms with E-state index in [1.807, 2.05) is 13.1 Å². The van der Waals surface area contributed by atoms with Crippen LogP contribution >= 0.6 is 0 Å². The van der Waals surface area contributed by atoms with Crippen molar-refractivity contribution in [3.8, 4) is 0 Å². The molecule has 1 heterocycles. The SMILES string of the molecule is Cc1[c-]nn(CN)c1.[Y]. The summed E-state index contributed by atoms with van der Waals surface area (Å²) < 4.78 is 1.63. The first-order valence-electron chi connectivity index (χ1n) is 2.44. The molecule has 1 aromatic rings. The van der Waals surface area contributed by atoms with Crippen LogP contribution in [0.3, 0.4) is 0 Å². The van der Waals surface area contributed by atoms with Crippen LogP contribution in [0.5, 0.6) is 0 Å². The second-order valence-corrected chi connectivity index (χ2v) is 1.65. The van der Waals surface area contributed by atoms with Crippen LogP contribution in [-0.4, -0.2) is 9.78 Å². The quantitative estimate of drug-likeness (QED) is 0.642. The Morgan fingerprint density at radius 1 is 1.89 bits per heavy atom. The Hall–Kier alpha value is 0.274. The van der Waals surface area contributed by atoms with E-state index in [0.29, 0.717) is 6.67 Å². The molecule has 2 N–H and O–H groups in total. The van der Waals surface area contributed by atoms with Gasteiger partial charge in [0.1, 0.15) is 0 Å². The number of aromatic nitrogens is 2. The third-order valence-electron chi connectivity index (χ3n) is 0.885. The summed E-state index contributed by atoms with van der Waals surface area (Å²) >= 11 is 0. The van der Waals surface area contributed by atoms with E-state index < -0.39 is 0 Å². The summed E-state index contributed by atoms with van der Waals surface area (Å²) in [5.41, 5.74) is 6.27. The summed E-state index contributed by atoms with van der Waals surface area (Å²) in [6, 6.07) is 0. The number of nitrogens with two attached hydrogens (primary N) is 1. The van der Waals surface area contributed by atoms with Crippen molar-refractivity contribution in [3.05, 3.63) is 18.0 Å². The minimum Gasteiger partial charge on any atom is -0.355 e. The van der Waals surface area contributed by atoms with E-state index in [9.17, 15) is 0 Å². The molecule has 1 radical (unpaired) electrons. The van der Waals surface area contributed by atoms with Gasteiger partial charge in [-0.15, -0.1) is 12.4 Å². The van der Waals surface area contributed by atoms with Crippen molar-refractivity contribution in [2.75, 3.05) is 0 Å². The van der Waals surface area contributed by atoms with Gasteiger partial charge in [0.2, 0.25) is 0 Å². The number of aryl methyl sites for hydroxylation is 1. The fourth-order valence-corrected chi connectivity index (χ4v) is 0.518. The summed E-state index contributed by atoms with van der Waals surface area (Å²) in [5.74, 6) is 0. The van der Waals surface area contributed by atoms with Crippen LogP contribution < -0.4 is 5.73 Å². The zero-order valence-electron chi connectivity index (χ0n) is 5.33. The minimum atomic E-state index is 0. The van der Waals surface area contributed by atoms with Gasteiger partial charge in [0.15, 0.2) is 0 Å². The van der Waals surface area contributed by atoms with Gasteiger partial charge in [-0.05, 0) is 0 Å². The standard InChI is InChI=1S/C5H8N3.Y/c1-5-2-7-8(3-5)4-6;/h3H,4,6H2,1H3;/q-1;. The molecule has 1 aromatic heterocycles. The van der Waals surface area contributed by atoms with Crippen LogP contribution in [0.4, 0.5) is 0 Å². The molecule has 0 amide bonds. The maximum absolute atomic E-state index is 5.24. The molecule has 4 heteroatoms. The molecule has 1 rings (SSSR count). The average molecular weight is 199 g/mol. The van der Waals surface area contributed by atoms with Crippen molar-refractivity contribution < 1.29 is 32.7 Å². The number of nitrogens with zero attached hydrogens (tertiary/aromatic N) is 2. The van der Waals surface area contributed by atoms with Gasteiger partial charge in [-0.1, -0.05) is 6.92 Å². The van der Waals surface area contributed by atoms with Gasteiger partial charge in [0.05, 0.1) is 6.67 Å². The first-order chi connectivity index (χ1) is 3.83. The third-order valence-corrected chi connectivity index (χ3v) is 0.885. The van der Waals surface area contributed by atoms with Crippen LogP contribution in [0.15, 0.2) is 6.20 Å². The molecule has 0 aliphatic carbocycles. The maximum atomic E-state index is 5.24. The van der Waals surface area contributed by atoms with Crippen molar-refractivity contribution in [3.63, 3.8) is 0 Å². The fraction of sp³-hybridized carbons (Fsp3) is 0.400. The van der Waals surface area contributed by atoms with Crippen LogP contribution in [-0.2, 0) is 39.4 Å². The second-order valence-electron chi connectivity index (χ2n) is 1.65. The van der Waals surface area contributed by atoms with E-state index in [4.69, 9.17) is 5.73 Å². The Bertz CT molecular complexity index is 172. The van der Waals surface area contributed by atoms with E-state index >= 15 is 0 Å². The van der Waals surface area contributed by atoms with Gasteiger partial charge in [-0.2, -0.15) is 5.56 Å². The normalized spacial score (nSPS) is 8.67. The largest absolute Gasteiger partial charge is 0.355 e. The van der Waals surface area contributed by atoms with Gasteiger partial charge in [-0.3, -0.25) is 0 Å². The Balaban J connectivity index is 0.000000640.